The first-order valence-electron chi connectivity index (χ1n) is 12.8. The molecule has 1 aliphatic heterocycles. The minimum absolute atomic E-state index is 0.00600. The van der Waals surface area contributed by atoms with Gasteiger partial charge in [0, 0.05) is 48.9 Å². The van der Waals surface area contributed by atoms with Gasteiger partial charge in [-0.1, -0.05) is 48.3 Å². The number of fused-ring (bicyclic) bond motifs is 1. The van der Waals surface area contributed by atoms with E-state index in [1.807, 2.05) is 37.3 Å². The molecule has 0 radical (unpaired) electrons. The second-order valence-electron chi connectivity index (χ2n) is 9.66. The van der Waals surface area contributed by atoms with Crippen molar-refractivity contribution in [2.24, 2.45) is 5.92 Å². The van der Waals surface area contributed by atoms with Gasteiger partial charge in [0.25, 0.3) is 5.91 Å². The van der Waals surface area contributed by atoms with Crippen molar-refractivity contribution in [1.29, 1.82) is 0 Å². The maximum absolute atomic E-state index is 12.8. The molecule has 40 heavy (non-hydrogen) atoms. The summed E-state index contributed by atoms with van der Waals surface area (Å²) in [4.78, 5) is 41.7. The average molecular weight is 626 g/mol. The maximum atomic E-state index is 12.8. The monoisotopic (exact) mass is 624 g/mol. The largest absolute Gasteiger partial charge is 0.351 e. The number of rotatable bonds is 10. The van der Waals surface area contributed by atoms with Crippen LogP contribution in [0.15, 0.2) is 53.4 Å². The van der Waals surface area contributed by atoms with Crippen LogP contribution in [0.2, 0.25) is 10.0 Å². The Kier molecular flexibility index (Phi) is 10.1. The van der Waals surface area contributed by atoms with Gasteiger partial charge in [-0.25, -0.2) is 13.1 Å². The third-order valence-corrected chi connectivity index (χ3v) is 9.91. The lowest BCUT2D eigenvalue weighted by Crippen LogP contribution is -2.52. The molecular formula is C27H30Cl2N4O5S2. The van der Waals surface area contributed by atoms with E-state index in [0.29, 0.717) is 55.5 Å². The van der Waals surface area contributed by atoms with Gasteiger partial charge in [0.05, 0.1) is 16.4 Å². The topological polar surface area (TPSA) is 116 Å². The van der Waals surface area contributed by atoms with Gasteiger partial charge in [0.2, 0.25) is 21.8 Å². The summed E-state index contributed by atoms with van der Waals surface area (Å²) < 4.78 is 28.4. The first kappa shape index (κ1) is 30.3. The molecule has 2 N–H and O–H groups in total. The molecular weight excluding hydrogens is 595 g/mol. The molecule has 0 bridgehead atoms. The summed E-state index contributed by atoms with van der Waals surface area (Å²) in [7, 11) is -3.99. The molecule has 3 amide bonds. The number of piperazine rings is 1. The first-order valence-corrected chi connectivity index (χ1v) is 15.9. The number of nitrogens with one attached hydrogen (secondary N) is 2. The Morgan fingerprint density at radius 2 is 1.65 bits per heavy atom. The Balaban J connectivity index is 1.16. The van der Waals surface area contributed by atoms with Crippen LogP contribution in [0.25, 0.3) is 10.1 Å². The first-order chi connectivity index (χ1) is 19.0. The van der Waals surface area contributed by atoms with E-state index in [-0.39, 0.29) is 33.6 Å². The highest BCUT2D eigenvalue weighted by molar-refractivity contribution is 7.89. The summed E-state index contributed by atoms with van der Waals surface area (Å²) >= 11 is 13.3. The number of hydrogen-bond acceptors (Lipinski definition) is 6. The predicted octanol–water partition coefficient (Wildman–Crippen LogP) is 4.00. The summed E-state index contributed by atoms with van der Waals surface area (Å²) in [5.41, 5.74) is 0. The lowest BCUT2D eigenvalue weighted by molar-refractivity contribution is -0.139. The molecule has 214 valence electrons. The molecule has 1 unspecified atom stereocenters. The molecule has 13 heteroatoms. The molecule has 9 nitrogen and oxygen atoms in total. The Morgan fingerprint density at radius 1 is 0.975 bits per heavy atom. The van der Waals surface area contributed by atoms with E-state index in [2.05, 4.69) is 10.0 Å². The number of amides is 3. The Morgan fingerprint density at radius 3 is 2.33 bits per heavy atom. The predicted molar refractivity (Wildman–Crippen MR) is 157 cm³/mol. The maximum Gasteiger partial charge on any atom is 0.261 e. The zero-order valence-corrected chi connectivity index (χ0v) is 25.0. The third-order valence-electron chi connectivity index (χ3n) is 6.68. The molecule has 1 aromatic heterocycles. The number of benzene rings is 2. The van der Waals surface area contributed by atoms with Crippen LogP contribution in [0.4, 0.5) is 0 Å². The van der Waals surface area contributed by atoms with E-state index in [4.69, 9.17) is 23.2 Å². The van der Waals surface area contributed by atoms with Crippen molar-refractivity contribution in [3.63, 3.8) is 0 Å². The number of hydrogen-bond donors (Lipinski definition) is 2. The lowest BCUT2D eigenvalue weighted by atomic mass is 10.0. The molecule has 4 rings (SSSR count). The quantitative estimate of drug-likeness (QED) is 0.354. The van der Waals surface area contributed by atoms with Crippen molar-refractivity contribution in [2.45, 2.75) is 24.7 Å². The van der Waals surface area contributed by atoms with Crippen molar-refractivity contribution >= 4 is 72.4 Å². The van der Waals surface area contributed by atoms with Crippen LogP contribution in [0.3, 0.4) is 0 Å². The molecule has 3 aromatic rings. The van der Waals surface area contributed by atoms with Crippen molar-refractivity contribution in [3.8, 4) is 0 Å². The summed E-state index contributed by atoms with van der Waals surface area (Å²) in [6, 6.07) is 13.7. The summed E-state index contributed by atoms with van der Waals surface area (Å²) in [6.07, 6.45) is 1.01. The second-order valence-corrected chi connectivity index (χ2v) is 13.3. The van der Waals surface area contributed by atoms with Crippen molar-refractivity contribution in [1.82, 2.24) is 19.8 Å². The molecule has 0 aliphatic carbocycles. The minimum Gasteiger partial charge on any atom is -0.351 e. The minimum atomic E-state index is -3.99. The number of carbonyl (C=O) groups excluding carboxylic acids is 3. The van der Waals surface area contributed by atoms with Gasteiger partial charge in [-0.05, 0) is 48.1 Å². The second kappa shape index (κ2) is 13.3. The standard InChI is InChI=1S/C27H30Cl2N4O5S2/c1-18(8-9-30-27(36)23-15-19-4-2-3-5-22(19)39-23)14-25(34)32-10-12-33(13-11-32)26(35)17-31-40(37,38)24-7-6-20(28)16-21(24)29/h2-7,15-16,18,31H,8-14,17H2,1H3,(H,30,36). The van der Waals surface area contributed by atoms with Crippen LogP contribution in [0, 0.1) is 5.92 Å². The molecule has 1 fully saturated rings. The van der Waals surface area contributed by atoms with E-state index in [0.717, 1.165) is 10.1 Å². The summed E-state index contributed by atoms with van der Waals surface area (Å²) in [6.45, 7) is 3.40. The molecule has 1 atom stereocenters. The molecule has 2 heterocycles. The van der Waals surface area contributed by atoms with Gasteiger partial charge in [-0.15, -0.1) is 11.3 Å². The third kappa shape index (κ3) is 7.73. The van der Waals surface area contributed by atoms with Crippen molar-refractivity contribution in [3.05, 3.63) is 63.5 Å². The highest BCUT2D eigenvalue weighted by atomic mass is 35.5. The van der Waals surface area contributed by atoms with Crippen LogP contribution in [-0.4, -0.2) is 75.2 Å². The van der Waals surface area contributed by atoms with E-state index in [1.165, 1.54) is 34.4 Å². The molecule has 2 aromatic carbocycles. The van der Waals surface area contributed by atoms with Gasteiger partial charge < -0.3 is 15.1 Å². The molecule has 0 saturated carbocycles. The zero-order valence-electron chi connectivity index (χ0n) is 21.9. The van der Waals surface area contributed by atoms with E-state index < -0.39 is 16.6 Å². The number of carbonyl (C=O) groups is 3. The Bertz CT molecular complexity index is 1470. The van der Waals surface area contributed by atoms with Gasteiger partial charge in [-0.3, -0.25) is 14.4 Å². The van der Waals surface area contributed by atoms with Crippen LogP contribution >= 0.6 is 34.5 Å². The van der Waals surface area contributed by atoms with Crippen LogP contribution in [0.1, 0.15) is 29.4 Å². The summed E-state index contributed by atoms with van der Waals surface area (Å²) in [5, 5.41) is 4.25. The van der Waals surface area contributed by atoms with Gasteiger partial charge in [-0.2, -0.15) is 0 Å². The number of halogens is 2. The van der Waals surface area contributed by atoms with Gasteiger partial charge in [0.1, 0.15) is 4.90 Å². The Labute approximate surface area is 247 Å². The number of sulfonamides is 1. The fourth-order valence-electron chi connectivity index (χ4n) is 4.39. The number of nitrogens with zero attached hydrogens (tertiary/aromatic N) is 2. The van der Waals surface area contributed by atoms with Crippen LogP contribution in [0.5, 0.6) is 0 Å². The highest BCUT2D eigenvalue weighted by Crippen LogP contribution is 2.26. The smallest absolute Gasteiger partial charge is 0.261 e. The fourth-order valence-corrected chi connectivity index (χ4v) is 7.11. The summed E-state index contributed by atoms with van der Waals surface area (Å²) in [5.74, 6) is -0.431. The van der Waals surface area contributed by atoms with E-state index >= 15 is 0 Å². The van der Waals surface area contributed by atoms with Crippen molar-refractivity contribution in [2.75, 3.05) is 39.3 Å². The fraction of sp³-hybridized carbons (Fsp3) is 0.370. The highest BCUT2D eigenvalue weighted by Gasteiger charge is 2.26. The van der Waals surface area contributed by atoms with Gasteiger partial charge >= 0.3 is 0 Å². The van der Waals surface area contributed by atoms with E-state index in [9.17, 15) is 22.8 Å². The van der Waals surface area contributed by atoms with E-state index in [1.54, 1.807) is 4.90 Å². The SMILES string of the molecule is CC(CCNC(=O)c1cc2ccccc2s1)CC(=O)N1CCN(C(=O)CNS(=O)(=O)c2ccc(Cl)cc2Cl)CC1. The normalized spacial score (nSPS) is 14.8. The average Bonchev–Trinajstić information content (AvgIpc) is 3.36. The zero-order chi connectivity index (χ0) is 28.9. The van der Waals surface area contributed by atoms with Crippen LogP contribution in [-0.2, 0) is 19.6 Å². The molecule has 0 spiro atoms. The molecule has 1 aliphatic rings. The van der Waals surface area contributed by atoms with Crippen molar-refractivity contribution < 1.29 is 22.8 Å². The Hall–Kier alpha value is -2.70. The van der Waals surface area contributed by atoms with Crippen LogP contribution < -0.4 is 10.0 Å². The van der Waals surface area contributed by atoms with Gasteiger partial charge in [0.15, 0.2) is 0 Å². The lowest BCUT2D eigenvalue weighted by Gasteiger charge is -2.35. The molecule has 1 saturated heterocycles. The number of thiophene rings is 1.